The van der Waals surface area contributed by atoms with Crippen molar-refractivity contribution >= 4 is 27.6 Å². The molecule has 0 aliphatic carbocycles. The molecule has 0 saturated heterocycles. The number of carbonyl (C=O) groups is 1. The van der Waals surface area contributed by atoms with Gasteiger partial charge in [0.2, 0.25) is 0 Å². The Hall–Kier alpha value is -1.07. The molecule has 2 N–H and O–H groups in total. The average Bonchev–Trinajstić information content (AvgIpc) is 2.33. The van der Waals surface area contributed by atoms with Crippen molar-refractivity contribution in [3.05, 3.63) is 28.2 Å². The van der Waals surface area contributed by atoms with Gasteiger partial charge in [-0.1, -0.05) is 15.9 Å². The van der Waals surface area contributed by atoms with Crippen LogP contribution in [0.2, 0.25) is 0 Å². The van der Waals surface area contributed by atoms with E-state index in [-0.39, 0.29) is 0 Å². The molecule has 0 saturated carbocycles. The molecular weight excluding hydrogens is 298 g/mol. The maximum absolute atomic E-state index is 11.0. The first kappa shape index (κ1) is 15.0. The Balaban J connectivity index is 2.45. The van der Waals surface area contributed by atoms with Crippen LogP contribution in [-0.2, 0) is 4.74 Å². The second-order valence-corrected chi connectivity index (χ2v) is 4.89. The summed E-state index contributed by atoms with van der Waals surface area (Å²) in [5.41, 5.74) is 0.957. The van der Waals surface area contributed by atoms with E-state index in [1.54, 1.807) is 25.3 Å². The van der Waals surface area contributed by atoms with Crippen molar-refractivity contribution in [2.24, 2.45) is 0 Å². The average molecular weight is 316 g/mol. The van der Waals surface area contributed by atoms with Crippen molar-refractivity contribution in [2.75, 3.05) is 25.6 Å². The van der Waals surface area contributed by atoms with E-state index in [2.05, 4.69) is 21.2 Å². The van der Waals surface area contributed by atoms with Crippen LogP contribution in [0.25, 0.3) is 0 Å². The number of benzene rings is 1. The minimum absolute atomic E-state index is 0.301. The van der Waals surface area contributed by atoms with Crippen LogP contribution in [0, 0.1) is 0 Å². The number of anilines is 1. The van der Waals surface area contributed by atoms with Crippen molar-refractivity contribution in [1.29, 1.82) is 0 Å². The van der Waals surface area contributed by atoms with Gasteiger partial charge in [0.25, 0.3) is 0 Å². The van der Waals surface area contributed by atoms with Crippen molar-refractivity contribution in [3.63, 3.8) is 0 Å². The number of halogens is 1. The van der Waals surface area contributed by atoms with Crippen molar-refractivity contribution in [1.82, 2.24) is 0 Å². The Morgan fingerprint density at radius 2 is 2.17 bits per heavy atom. The largest absolute Gasteiger partial charge is 0.478 e. The zero-order valence-electron chi connectivity index (χ0n) is 10.4. The van der Waals surface area contributed by atoms with Gasteiger partial charge >= 0.3 is 5.97 Å². The second kappa shape index (κ2) is 8.11. The molecule has 0 unspecified atom stereocenters. The number of ether oxygens (including phenoxy) is 1. The van der Waals surface area contributed by atoms with Gasteiger partial charge in [-0.2, -0.15) is 0 Å². The normalized spacial score (nSPS) is 10.3. The van der Waals surface area contributed by atoms with Crippen LogP contribution in [0.5, 0.6) is 0 Å². The van der Waals surface area contributed by atoms with E-state index < -0.39 is 5.97 Å². The molecular formula is C13H18BrNO3. The number of carboxylic acid groups (broad SMARTS) is 1. The first-order valence-corrected chi connectivity index (χ1v) is 6.70. The summed E-state index contributed by atoms with van der Waals surface area (Å²) in [6.07, 6.45) is 3.09. The zero-order valence-corrected chi connectivity index (χ0v) is 12.0. The second-order valence-electron chi connectivity index (χ2n) is 3.98. The summed E-state index contributed by atoms with van der Waals surface area (Å²) in [5.74, 6) is -0.913. The molecule has 5 heteroatoms. The molecule has 100 valence electrons. The van der Waals surface area contributed by atoms with E-state index in [9.17, 15) is 4.79 Å². The molecule has 0 bridgehead atoms. The number of methoxy groups -OCH3 is 1. The van der Waals surface area contributed by atoms with Crippen LogP contribution in [0.3, 0.4) is 0 Å². The smallest absolute Gasteiger partial charge is 0.337 e. The number of nitrogens with one attached hydrogen (secondary N) is 1. The first-order valence-electron chi connectivity index (χ1n) is 5.91. The fourth-order valence-electron chi connectivity index (χ4n) is 1.62. The molecule has 0 aromatic heterocycles. The van der Waals surface area contributed by atoms with Crippen LogP contribution < -0.4 is 5.32 Å². The van der Waals surface area contributed by atoms with Gasteiger partial charge in [0.15, 0.2) is 0 Å². The molecule has 1 rings (SSSR count). The van der Waals surface area contributed by atoms with E-state index in [0.717, 1.165) is 36.9 Å². The van der Waals surface area contributed by atoms with Gasteiger partial charge in [-0.15, -0.1) is 0 Å². The Morgan fingerprint density at radius 1 is 1.39 bits per heavy atom. The van der Waals surface area contributed by atoms with Crippen LogP contribution in [0.4, 0.5) is 5.69 Å². The van der Waals surface area contributed by atoms with E-state index in [1.807, 2.05) is 0 Å². The third-order valence-corrected chi connectivity index (χ3v) is 3.05. The highest BCUT2D eigenvalue weighted by Gasteiger charge is 2.09. The van der Waals surface area contributed by atoms with Crippen LogP contribution in [0.15, 0.2) is 22.7 Å². The van der Waals surface area contributed by atoms with Gasteiger partial charge in [-0.05, 0) is 37.5 Å². The Bertz CT molecular complexity index is 396. The van der Waals surface area contributed by atoms with Crippen molar-refractivity contribution in [2.45, 2.75) is 19.3 Å². The van der Waals surface area contributed by atoms with Gasteiger partial charge < -0.3 is 15.2 Å². The number of hydrogen-bond acceptors (Lipinski definition) is 3. The minimum Gasteiger partial charge on any atom is -0.478 e. The number of aromatic carboxylic acids is 1. The topological polar surface area (TPSA) is 58.6 Å². The molecule has 1 aromatic carbocycles. The fourth-order valence-corrected chi connectivity index (χ4v) is 1.98. The summed E-state index contributed by atoms with van der Waals surface area (Å²) < 4.78 is 5.84. The Morgan fingerprint density at radius 3 is 2.83 bits per heavy atom. The van der Waals surface area contributed by atoms with Gasteiger partial charge in [-0.25, -0.2) is 4.79 Å². The maximum Gasteiger partial charge on any atom is 0.337 e. The standard InChI is InChI=1S/C13H18BrNO3/c1-18-8-4-2-3-7-15-12-9-10(14)5-6-11(12)13(16)17/h5-6,9,15H,2-4,7-8H2,1H3,(H,16,17). The summed E-state index contributed by atoms with van der Waals surface area (Å²) in [5, 5.41) is 12.2. The highest BCUT2D eigenvalue weighted by Crippen LogP contribution is 2.21. The van der Waals surface area contributed by atoms with E-state index in [0.29, 0.717) is 11.3 Å². The van der Waals surface area contributed by atoms with Crippen molar-refractivity contribution < 1.29 is 14.6 Å². The Kier molecular flexibility index (Phi) is 6.75. The molecule has 1 aromatic rings. The molecule has 0 amide bonds. The van der Waals surface area contributed by atoms with Crippen LogP contribution in [0.1, 0.15) is 29.6 Å². The van der Waals surface area contributed by atoms with Crippen LogP contribution >= 0.6 is 15.9 Å². The van der Waals surface area contributed by atoms with Gasteiger partial charge in [0.05, 0.1) is 5.56 Å². The third-order valence-electron chi connectivity index (χ3n) is 2.55. The quantitative estimate of drug-likeness (QED) is 0.722. The van der Waals surface area contributed by atoms with E-state index in [1.165, 1.54) is 0 Å². The van der Waals surface area contributed by atoms with Gasteiger partial charge in [0.1, 0.15) is 0 Å². The number of hydrogen-bond donors (Lipinski definition) is 2. The summed E-state index contributed by atoms with van der Waals surface area (Å²) in [4.78, 5) is 11.0. The highest BCUT2D eigenvalue weighted by atomic mass is 79.9. The summed E-state index contributed by atoms with van der Waals surface area (Å²) in [6, 6.07) is 5.12. The van der Waals surface area contributed by atoms with Gasteiger partial charge in [0, 0.05) is 30.4 Å². The fraction of sp³-hybridized carbons (Fsp3) is 0.462. The third kappa shape index (κ3) is 5.06. The lowest BCUT2D eigenvalue weighted by Gasteiger charge is -2.10. The maximum atomic E-state index is 11.0. The summed E-state index contributed by atoms with van der Waals surface area (Å²) >= 11 is 3.34. The van der Waals surface area contributed by atoms with E-state index >= 15 is 0 Å². The lowest BCUT2D eigenvalue weighted by atomic mass is 10.1. The van der Waals surface area contributed by atoms with Crippen LogP contribution in [-0.4, -0.2) is 31.3 Å². The molecule has 0 aliphatic rings. The molecule has 18 heavy (non-hydrogen) atoms. The predicted molar refractivity (Wildman–Crippen MR) is 75.3 cm³/mol. The number of carboxylic acids is 1. The predicted octanol–water partition coefficient (Wildman–Crippen LogP) is 3.38. The molecule has 0 aliphatic heterocycles. The number of unbranched alkanes of at least 4 members (excludes halogenated alkanes) is 2. The summed E-state index contributed by atoms with van der Waals surface area (Å²) in [6.45, 7) is 1.54. The summed E-state index contributed by atoms with van der Waals surface area (Å²) in [7, 11) is 1.69. The molecule has 0 atom stereocenters. The lowest BCUT2D eigenvalue weighted by molar-refractivity contribution is 0.0698. The minimum atomic E-state index is -0.913. The van der Waals surface area contributed by atoms with E-state index in [4.69, 9.17) is 9.84 Å². The molecule has 0 radical (unpaired) electrons. The monoisotopic (exact) mass is 315 g/mol. The molecule has 4 nitrogen and oxygen atoms in total. The first-order chi connectivity index (χ1) is 8.65. The van der Waals surface area contributed by atoms with Gasteiger partial charge in [-0.3, -0.25) is 0 Å². The molecule has 0 fully saturated rings. The zero-order chi connectivity index (χ0) is 13.4. The van der Waals surface area contributed by atoms with Crippen molar-refractivity contribution in [3.8, 4) is 0 Å². The number of rotatable bonds is 8. The molecule has 0 heterocycles. The lowest BCUT2D eigenvalue weighted by Crippen LogP contribution is -2.08. The SMILES string of the molecule is COCCCCCNc1cc(Br)ccc1C(=O)O. The molecule has 0 spiro atoms. The highest BCUT2D eigenvalue weighted by molar-refractivity contribution is 9.10. The Labute approximate surface area is 115 Å².